The Kier molecular flexibility index (Phi) is 4.32. The van der Waals surface area contributed by atoms with E-state index in [1.165, 1.54) is 11.1 Å². The van der Waals surface area contributed by atoms with Crippen molar-refractivity contribution in [3.05, 3.63) is 71.8 Å². The smallest absolute Gasteiger partial charge is 0.242 e. The number of hydroxylamine groups is 2. The molecule has 2 aromatic carbocycles. The molecule has 1 amide bonds. The van der Waals surface area contributed by atoms with Crippen LogP contribution in [0.4, 0.5) is 0 Å². The Morgan fingerprint density at radius 2 is 1.58 bits per heavy atom. The molecule has 2 atom stereocenters. The van der Waals surface area contributed by atoms with E-state index < -0.39 is 0 Å². The van der Waals surface area contributed by atoms with Gasteiger partial charge in [0.15, 0.2) is 0 Å². The quantitative estimate of drug-likeness (QED) is 0.867. The van der Waals surface area contributed by atoms with Crippen LogP contribution in [0.25, 0.3) is 0 Å². The van der Waals surface area contributed by atoms with Gasteiger partial charge in [0.05, 0.1) is 6.10 Å². The normalized spacial score (nSPS) is 24.2. The highest BCUT2D eigenvalue weighted by Crippen LogP contribution is 2.28. The number of benzene rings is 2. The lowest BCUT2D eigenvalue weighted by molar-refractivity contribution is -0.188. The maximum Gasteiger partial charge on any atom is 0.242 e. The molecule has 2 aliphatic heterocycles. The fourth-order valence-corrected chi connectivity index (χ4v) is 3.61. The molecule has 2 fully saturated rings. The van der Waals surface area contributed by atoms with E-state index in [4.69, 9.17) is 4.84 Å². The summed E-state index contributed by atoms with van der Waals surface area (Å²) in [5, 5.41) is 1.90. The Labute approximate surface area is 142 Å². The topological polar surface area (TPSA) is 32.8 Å². The summed E-state index contributed by atoms with van der Waals surface area (Å²) in [6, 6.07) is 20.4. The highest BCUT2D eigenvalue weighted by atomic mass is 16.7. The summed E-state index contributed by atoms with van der Waals surface area (Å²) in [6.45, 7) is 2.20. The zero-order valence-corrected chi connectivity index (χ0v) is 13.7. The number of carbonyl (C=O) groups is 1. The monoisotopic (exact) mass is 322 g/mol. The molecule has 0 N–H and O–H groups in total. The zero-order chi connectivity index (χ0) is 16.4. The molecular weight excluding hydrogens is 300 g/mol. The van der Waals surface area contributed by atoms with E-state index >= 15 is 0 Å². The number of rotatable bonds is 4. The van der Waals surface area contributed by atoms with Crippen molar-refractivity contribution in [3.8, 4) is 0 Å². The second-order valence-electron chi connectivity index (χ2n) is 6.55. The largest absolute Gasteiger partial charge is 0.336 e. The third-order valence-electron chi connectivity index (χ3n) is 4.83. The molecule has 4 rings (SSSR count). The molecule has 0 bridgehead atoms. The number of amides is 1. The fraction of sp³-hybridized carbons (Fsp3) is 0.350. The average Bonchev–Trinajstić information content (AvgIpc) is 3.03. The molecule has 4 heteroatoms. The Bertz CT molecular complexity index is 689. The van der Waals surface area contributed by atoms with E-state index in [-0.39, 0.29) is 18.1 Å². The van der Waals surface area contributed by atoms with E-state index in [1.54, 1.807) is 0 Å². The molecule has 0 spiro atoms. The minimum absolute atomic E-state index is 0.0954. The number of hydrogen-bond acceptors (Lipinski definition) is 3. The molecule has 4 nitrogen and oxygen atoms in total. The first-order valence-corrected chi connectivity index (χ1v) is 8.59. The minimum Gasteiger partial charge on any atom is -0.336 e. The predicted octanol–water partition coefficient (Wildman–Crippen LogP) is 2.65. The summed E-state index contributed by atoms with van der Waals surface area (Å²) < 4.78 is 0. The minimum atomic E-state index is -0.129. The van der Waals surface area contributed by atoms with Crippen LogP contribution in [0.3, 0.4) is 0 Å². The molecule has 0 aliphatic carbocycles. The van der Waals surface area contributed by atoms with Crippen molar-refractivity contribution < 1.29 is 9.63 Å². The second-order valence-corrected chi connectivity index (χ2v) is 6.55. The van der Waals surface area contributed by atoms with Crippen molar-refractivity contribution in [1.29, 1.82) is 0 Å². The third-order valence-corrected chi connectivity index (χ3v) is 4.83. The van der Waals surface area contributed by atoms with Crippen LogP contribution >= 0.6 is 0 Å². The first-order chi connectivity index (χ1) is 11.8. The van der Waals surface area contributed by atoms with Crippen LogP contribution in [0, 0.1) is 0 Å². The van der Waals surface area contributed by atoms with E-state index in [0.717, 1.165) is 25.9 Å². The van der Waals surface area contributed by atoms with Gasteiger partial charge < -0.3 is 4.90 Å². The van der Waals surface area contributed by atoms with Crippen LogP contribution in [0.1, 0.15) is 17.5 Å². The predicted molar refractivity (Wildman–Crippen MR) is 92.0 cm³/mol. The van der Waals surface area contributed by atoms with Crippen molar-refractivity contribution in [1.82, 2.24) is 9.96 Å². The van der Waals surface area contributed by atoms with Gasteiger partial charge in [-0.15, -0.1) is 0 Å². The highest BCUT2D eigenvalue weighted by molar-refractivity contribution is 5.82. The van der Waals surface area contributed by atoms with Crippen LogP contribution in [0.2, 0.25) is 0 Å². The van der Waals surface area contributed by atoms with Gasteiger partial charge in [0.1, 0.15) is 6.04 Å². The van der Waals surface area contributed by atoms with Gasteiger partial charge >= 0.3 is 0 Å². The SMILES string of the molecule is O=C1[C@@H]2C[C@@H](Cc3ccccc3)ON2CCN1Cc1ccccc1. The van der Waals surface area contributed by atoms with Gasteiger partial charge in [-0.3, -0.25) is 9.63 Å². The summed E-state index contributed by atoms with van der Waals surface area (Å²) in [5.74, 6) is 0.195. The van der Waals surface area contributed by atoms with E-state index in [2.05, 4.69) is 24.3 Å². The molecule has 2 aromatic rings. The van der Waals surface area contributed by atoms with Crippen LogP contribution in [0.15, 0.2) is 60.7 Å². The summed E-state index contributed by atoms with van der Waals surface area (Å²) >= 11 is 0. The van der Waals surface area contributed by atoms with Gasteiger partial charge in [0.2, 0.25) is 5.91 Å². The second kappa shape index (κ2) is 6.75. The molecule has 0 saturated carbocycles. The summed E-state index contributed by atoms with van der Waals surface area (Å²) in [6.07, 6.45) is 1.73. The van der Waals surface area contributed by atoms with Crippen LogP contribution in [-0.2, 0) is 22.6 Å². The number of nitrogens with zero attached hydrogens (tertiary/aromatic N) is 2. The Balaban J connectivity index is 1.40. The number of hydrogen-bond donors (Lipinski definition) is 0. The van der Waals surface area contributed by atoms with Gasteiger partial charge in [0.25, 0.3) is 0 Å². The van der Waals surface area contributed by atoms with Crippen molar-refractivity contribution in [2.45, 2.75) is 31.5 Å². The molecule has 124 valence electrons. The number of fused-ring (bicyclic) bond motifs is 1. The van der Waals surface area contributed by atoms with E-state index in [0.29, 0.717) is 6.54 Å². The summed E-state index contributed by atoms with van der Waals surface area (Å²) in [4.78, 5) is 20.8. The number of carbonyl (C=O) groups excluding carboxylic acids is 1. The van der Waals surface area contributed by atoms with Gasteiger partial charge in [-0.25, -0.2) is 0 Å². The highest BCUT2D eigenvalue weighted by Gasteiger charge is 2.43. The maximum atomic E-state index is 12.8. The van der Waals surface area contributed by atoms with Crippen molar-refractivity contribution in [2.75, 3.05) is 13.1 Å². The molecule has 2 saturated heterocycles. The maximum absolute atomic E-state index is 12.8. The lowest BCUT2D eigenvalue weighted by Crippen LogP contribution is -2.53. The first-order valence-electron chi connectivity index (χ1n) is 8.59. The van der Waals surface area contributed by atoms with Gasteiger partial charge in [-0.05, 0) is 11.1 Å². The molecule has 2 heterocycles. The Morgan fingerprint density at radius 3 is 2.29 bits per heavy atom. The fourth-order valence-electron chi connectivity index (χ4n) is 3.61. The van der Waals surface area contributed by atoms with Crippen molar-refractivity contribution in [3.63, 3.8) is 0 Å². The third kappa shape index (κ3) is 3.21. The number of piperazine rings is 1. The molecule has 0 aromatic heterocycles. The molecular formula is C20H22N2O2. The van der Waals surface area contributed by atoms with Crippen molar-refractivity contribution in [2.24, 2.45) is 0 Å². The average molecular weight is 322 g/mol. The zero-order valence-electron chi connectivity index (χ0n) is 13.7. The van der Waals surface area contributed by atoms with E-state index in [1.807, 2.05) is 46.4 Å². The summed E-state index contributed by atoms with van der Waals surface area (Å²) in [5.41, 5.74) is 2.44. The first kappa shape index (κ1) is 15.4. The van der Waals surface area contributed by atoms with Crippen molar-refractivity contribution >= 4 is 5.91 Å². The molecule has 0 unspecified atom stereocenters. The lowest BCUT2D eigenvalue weighted by atomic mass is 10.0. The lowest BCUT2D eigenvalue weighted by Gasteiger charge is -2.35. The van der Waals surface area contributed by atoms with E-state index in [9.17, 15) is 4.79 Å². The molecule has 0 radical (unpaired) electrons. The summed E-state index contributed by atoms with van der Waals surface area (Å²) in [7, 11) is 0. The van der Waals surface area contributed by atoms with Crippen LogP contribution < -0.4 is 0 Å². The molecule has 24 heavy (non-hydrogen) atoms. The Hall–Kier alpha value is -2.17. The molecule has 2 aliphatic rings. The van der Waals surface area contributed by atoms with Gasteiger partial charge in [-0.1, -0.05) is 60.7 Å². The Morgan fingerprint density at radius 1 is 0.917 bits per heavy atom. The standard InChI is InChI=1S/C20H22N2O2/c23-20-19-14-18(13-16-7-3-1-4-8-16)24-22(19)12-11-21(20)15-17-9-5-2-6-10-17/h1-10,18-19H,11-15H2/t18-,19+/m1/s1. The van der Waals surface area contributed by atoms with Crippen LogP contribution in [-0.4, -0.2) is 41.1 Å². The van der Waals surface area contributed by atoms with Gasteiger partial charge in [-0.2, -0.15) is 5.06 Å². The van der Waals surface area contributed by atoms with Gasteiger partial charge in [0, 0.05) is 32.5 Å². The van der Waals surface area contributed by atoms with Crippen LogP contribution in [0.5, 0.6) is 0 Å².